The second-order valence-corrected chi connectivity index (χ2v) is 4.98. The molecule has 1 aliphatic rings. The fraction of sp³-hybridized carbons (Fsp3) is 0.833. The molecular formula is C12H21NO3. The lowest BCUT2D eigenvalue weighted by atomic mass is 10.0. The lowest BCUT2D eigenvalue weighted by Crippen LogP contribution is -2.44. The largest absolute Gasteiger partial charge is 0.480 e. The molecule has 1 amide bonds. The third kappa shape index (κ3) is 3.83. The quantitative estimate of drug-likeness (QED) is 0.752. The van der Waals surface area contributed by atoms with Crippen molar-refractivity contribution in [3.05, 3.63) is 0 Å². The molecule has 0 heterocycles. The van der Waals surface area contributed by atoms with Gasteiger partial charge in [-0.05, 0) is 24.7 Å². The van der Waals surface area contributed by atoms with Gasteiger partial charge in [0.2, 0.25) is 5.91 Å². The van der Waals surface area contributed by atoms with Crippen molar-refractivity contribution in [2.75, 3.05) is 0 Å². The maximum absolute atomic E-state index is 11.6. The number of aliphatic carboxylic acids is 1. The first-order valence-corrected chi connectivity index (χ1v) is 6.03. The molecule has 0 spiro atoms. The van der Waals surface area contributed by atoms with Crippen LogP contribution in [0.5, 0.6) is 0 Å². The van der Waals surface area contributed by atoms with Crippen LogP contribution in [0, 0.1) is 11.8 Å². The first kappa shape index (κ1) is 13.0. The molecule has 92 valence electrons. The first-order valence-electron chi connectivity index (χ1n) is 6.03. The van der Waals surface area contributed by atoms with Crippen molar-refractivity contribution in [2.24, 2.45) is 11.8 Å². The number of hydrogen-bond acceptors (Lipinski definition) is 2. The lowest BCUT2D eigenvalue weighted by molar-refractivity contribution is -0.143. The zero-order valence-corrected chi connectivity index (χ0v) is 10.0. The van der Waals surface area contributed by atoms with E-state index in [1.807, 2.05) is 0 Å². The molecule has 0 aliphatic heterocycles. The minimum Gasteiger partial charge on any atom is -0.480 e. The van der Waals surface area contributed by atoms with Gasteiger partial charge in [0.15, 0.2) is 0 Å². The molecule has 0 aromatic rings. The van der Waals surface area contributed by atoms with Gasteiger partial charge in [-0.2, -0.15) is 0 Å². The van der Waals surface area contributed by atoms with Crippen LogP contribution in [0.3, 0.4) is 0 Å². The summed E-state index contributed by atoms with van der Waals surface area (Å²) < 4.78 is 0. The molecule has 0 radical (unpaired) electrons. The molecule has 4 nitrogen and oxygen atoms in total. The van der Waals surface area contributed by atoms with Gasteiger partial charge < -0.3 is 10.4 Å². The Morgan fingerprint density at radius 3 is 2.31 bits per heavy atom. The monoisotopic (exact) mass is 227 g/mol. The highest BCUT2D eigenvalue weighted by Crippen LogP contribution is 2.27. The minimum atomic E-state index is -0.949. The van der Waals surface area contributed by atoms with Crippen LogP contribution in [0.25, 0.3) is 0 Å². The third-order valence-electron chi connectivity index (χ3n) is 3.20. The molecule has 0 aromatic heterocycles. The highest BCUT2D eigenvalue weighted by atomic mass is 16.4. The van der Waals surface area contributed by atoms with E-state index < -0.39 is 12.0 Å². The molecule has 1 fully saturated rings. The highest BCUT2D eigenvalue weighted by Gasteiger charge is 2.25. The second-order valence-electron chi connectivity index (χ2n) is 4.98. The molecule has 1 saturated carbocycles. The average Bonchev–Trinajstić information content (AvgIpc) is 2.65. The van der Waals surface area contributed by atoms with Crippen molar-refractivity contribution in [1.29, 1.82) is 0 Å². The van der Waals surface area contributed by atoms with Gasteiger partial charge in [0.1, 0.15) is 6.04 Å². The van der Waals surface area contributed by atoms with Gasteiger partial charge in [-0.3, -0.25) is 4.79 Å². The Bertz CT molecular complexity index is 257. The van der Waals surface area contributed by atoms with Crippen molar-refractivity contribution in [3.63, 3.8) is 0 Å². The molecule has 16 heavy (non-hydrogen) atoms. The zero-order valence-electron chi connectivity index (χ0n) is 10.0. The van der Waals surface area contributed by atoms with Crippen LogP contribution < -0.4 is 5.32 Å². The minimum absolute atomic E-state index is 0.0787. The topological polar surface area (TPSA) is 66.4 Å². The van der Waals surface area contributed by atoms with Crippen LogP contribution >= 0.6 is 0 Å². The summed E-state index contributed by atoms with van der Waals surface area (Å²) >= 11 is 0. The van der Waals surface area contributed by atoms with Crippen molar-refractivity contribution in [1.82, 2.24) is 5.32 Å². The molecule has 0 bridgehead atoms. The number of nitrogens with one attached hydrogen (secondary N) is 1. The Hall–Kier alpha value is -1.06. The summed E-state index contributed by atoms with van der Waals surface area (Å²) in [6.45, 7) is 3.60. The maximum Gasteiger partial charge on any atom is 0.326 e. The van der Waals surface area contributed by atoms with E-state index in [0.717, 1.165) is 12.8 Å². The fourth-order valence-corrected chi connectivity index (χ4v) is 2.22. The summed E-state index contributed by atoms with van der Waals surface area (Å²) in [5, 5.41) is 11.5. The van der Waals surface area contributed by atoms with Crippen LogP contribution in [0.1, 0.15) is 46.0 Å². The summed E-state index contributed by atoms with van der Waals surface area (Å²) in [7, 11) is 0. The lowest BCUT2D eigenvalue weighted by Gasteiger charge is -2.19. The van der Waals surface area contributed by atoms with Gasteiger partial charge >= 0.3 is 5.97 Å². The van der Waals surface area contributed by atoms with E-state index in [2.05, 4.69) is 5.32 Å². The second kappa shape index (κ2) is 5.87. The van der Waals surface area contributed by atoms with E-state index in [-0.39, 0.29) is 11.8 Å². The smallest absolute Gasteiger partial charge is 0.326 e. The first-order chi connectivity index (χ1) is 7.50. The summed E-state index contributed by atoms with van der Waals surface area (Å²) in [6.07, 6.45) is 5.09. The van der Waals surface area contributed by atoms with E-state index in [0.29, 0.717) is 12.3 Å². The van der Waals surface area contributed by atoms with Gasteiger partial charge in [-0.15, -0.1) is 0 Å². The standard InChI is InChI=1S/C12H21NO3/c1-8(2)11(12(15)16)13-10(14)7-9-5-3-4-6-9/h8-9,11H,3-7H2,1-2H3,(H,13,14)(H,15,16)/t11-/m0/s1. The number of carboxylic acids is 1. The Labute approximate surface area is 96.4 Å². The number of rotatable bonds is 5. The third-order valence-corrected chi connectivity index (χ3v) is 3.20. The molecule has 1 atom stereocenters. The van der Waals surface area contributed by atoms with Gasteiger partial charge in [-0.25, -0.2) is 4.79 Å². The number of carbonyl (C=O) groups excluding carboxylic acids is 1. The van der Waals surface area contributed by atoms with E-state index >= 15 is 0 Å². The SMILES string of the molecule is CC(C)[C@H](NC(=O)CC1CCCC1)C(=O)O. The number of amides is 1. The number of carboxylic acid groups (broad SMARTS) is 1. The predicted octanol–water partition coefficient (Wildman–Crippen LogP) is 1.79. The molecular weight excluding hydrogens is 206 g/mol. The Morgan fingerprint density at radius 1 is 1.31 bits per heavy atom. The Balaban J connectivity index is 2.38. The van der Waals surface area contributed by atoms with Crippen LogP contribution in [0.15, 0.2) is 0 Å². The number of carbonyl (C=O) groups is 2. The fourth-order valence-electron chi connectivity index (χ4n) is 2.22. The summed E-state index contributed by atoms with van der Waals surface area (Å²) in [6, 6.07) is -0.756. The van der Waals surface area contributed by atoms with E-state index in [1.165, 1.54) is 12.8 Å². The molecule has 0 aromatic carbocycles. The van der Waals surface area contributed by atoms with Gasteiger partial charge in [-0.1, -0.05) is 26.7 Å². The normalized spacial score (nSPS) is 18.7. The van der Waals surface area contributed by atoms with Crippen molar-refractivity contribution in [2.45, 2.75) is 52.0 Å². The predicted molar refractivity (Wildman–Crippen MR) is 61.0 cm³/mol. The molecule has 1 rings (SSSR count). The van der Waals surface area contributed by atoms with Gasteiger partial charge in [0.25, 0.3) is 0 Å². The summed E-state index contributed by atoms with van der Waals surface area (Å²) in [5.41, 5.74) is 0. The van der Waals surface area contributed by atoms with Crippen LogP contribution in [-0.2, 0) is 9.59 Å². The van der Waals surface area contributed by atoms with Crippen molar-refractivity contribution in [3.8, 4) is 0 Å². The van der Waals surface area contributed by atoms with Crippen molar-refractivity contribution >= 4 is 11.9 Å². The van der Waals surface area contributed by atoms with E-state index in [4.69, 9.17) is 5.11 Å². The van der Waals surface area contributed by atoms with Gasteiger partial charge in [0, 0.05) is 6.42 Å². The Morgan fingerprint density at radius 2 is 1.88 bits per heavy atom. The highest BCUT2D eigenvalue weighted by molar-refractivity contribution is 5.83. The molecule has 0 unspecified atom stereocenters. The van der Waals surface area contributed by atoms with E-state index in [9.17, 15) is 9.59 Å². The van der Waals surface area contributed by atoms with Gasteiger partial charge in [0.05, 0.1) is 0 Å². The van der Waals surface area contributed by atoms with Crippen LogP contribution in [0.2, 0.25) is 0 Å². The van der Waals surface area contributed by atoms with Crippen molar-refractivity contribution < 1.29 is 14.7 Å². The molecule has 0 saturated heterocycles. The van der Waals surface area contributed by atoms with E-state index in [1.54, 1.807) is 13.8 Å². The Kier molecular flexibility index (Phi) is 4.77. The van der Waals surface area contributed by atoms with Crippen LogP contribution in [-0.4, -0.2) is 23.0 Å². The maximum atomic E-state index is 11.6. The summed E-state index contributed by atoms with van der Waals surface area (Å²) in [5.74, 6) is -0.686. The number of hydrogen-bond donors (Lipinski definition) is 2. The molecule has 1 aliphatic carbocycles. The zero-order chi connectivity index (χ0) is 12.1. The molecule has 4 heteroatoms. The summed E-state index contributed by atoms with van der Waals surface area (Å²) in [4.78, 5) is 22.5. The average molecular weight is 227 g/mol. The van der Waals surface area contributed by atoms with Crippen LogP contribution in [0.4, 0.5) is 0 Å². The molecule has 2 N–H and O–H groups in total.